The smallest absolute Gasteiger partial charge is 0.252 e. The lowest BCUT2D eigenvalue weighted by Gasteiger charge is -2.10. The molecule has 0 fully saturated rings. The molecule has 4 rings (SSSR count). The molecule has 0 spiro atoms. The van der Waals surface area contributed by atoms with Gasteiger partial charge in [0.1, 0.15) is 12.4 Å². The van der Waals surface area contributed by atoms with E-state index in [1.165, 1.54) is 11.8 Å². The summed E-state index contributed by atoms with van der Waals surface area (Å²) in [5.74, 6) is 2.32. The first-order valence-electron chi connectivity index (χ1n) is 10.2. The lowest BCUT2D eigenvalue weighted by atomic mass is 10.2. The number of amides is 1. The minimum Gasteiger partial charge on any atom is -0.489 e. The van der Waals surface area contributed by atoms with Crippen molar-refractivity contribution in [3.05, 3.63) is 107 Å². The fourth-order valence-corrected chi connectivity index (χ4v) is 3.93. The molecule has 4 aromatic rings. The van der Waals surface area contributed by atoms with Crippen molar-refractivity contribution < 1.29 is 14.1 Å². The molecule has 0 aliphatic carbocycles. The first-order chi connectivity index (χ1) is 15.7. The average molecular weight is 446 g/mol. The maximum absolute atomic E-state index is 12.8. The van der Waals surface area contributed by atoms with Crippen molar-refractivity contribution in [2.75, 3.05) is 0 Å². The third-order valence-electron chi connectivity index (χ3n) is 4.68. The van der Waals surface area contributed by atoms with E-state index in [4.69, 9.17) is 9.26 Å². The van der Waals surface area contributed by atoms with Gasteiger partial charge in [-0.1, -0.05) is 59.8 Å². The summed E-state index contributed by atoms with van der Waals surface area (Å²) in [7, 11) is 0. The molecular formula is C25H23N3O3S. The Balaban J connectivity index is 1.30. The van der Waals surface area contributed by atoms with E-state index in [2.05, 4.69) is 15.5 Å². The monoisotopic (exact) mass is 445 g/mol. The van der Waals surface area contributed by atoms with Crippen LogP contribution in [0, 0.1) is 6.92 Å². The molecule has 0 aliphatic heterocycles. The van der Waals surface area contributed by atoms with Gasteiger partial charge in [0.2, 0.25) is 5.89 Å². The number of hydrogen-bond donors (Lipinski definition) is 1. The van der Waals surface area contributed by atoms with Gasteiger partial charge in [0.15, 0.2) is 5.82 Å². The standard InChI is InChI=1S/C25H23N3O3S/c1-18-27-24(31-28-18)17-32-23-10-6-5-9-22(23)25(29)26-15-19-11-13-21(14-12-19)30-16-20-7-3-2-4-8-20/h2-14H,15-17H2,1H3,(H,26,29). The molecule has 1 amide bonds. The van der Waals surface area contributed by atoms with Gasteiger partial charge in [-0.15, -0.1) is 11.8 Å². The van der Waals surface area contributed by atoms with Crippen LogP contribution in [-0.2, 0) is 18.9 Å². The van der Waals surface area contributed by atoms with E-state index in [-0.39, 0.29) is 5.91 Å². The van der Waals surface area contributed by atoms with Gasteiger partial charge >= 0.3 is 0 Å². The number of nitrogens with one attached hydrogen (secondary N) is 1. The molecule has 162 valence electrons. The fraction of sp³-hybridized carbons (Fsp3) is 0.160. The van der Waals surface area contributed by atoms with Crippen LogP contribution in [0.5, 0.6) is 5.75 Å². The SMILES string of the molecule is Cc1noc(CSc2ccccc2C(=O)NCc2ccc(OCc3ccccc3)cc2)n1. The van der Waals surface area contributed by atoms with E-state index in [1.807, 2.05) is 78.9 Å². The van der Waals surface area contributed by atoms with Crippen LogP contribution in [0.3, 0.4) is 0 Å². The number of carbonyl (C=O) groups is 1. The molecular weight excluding hydrogens is 422 g/mol. The third kappa shape index (κ3) is 5.98. The summed E-state index contributed by atoms with van der Waals surface area (Å²) in [5.41, 5.74) is 2.74. The molecule has 3 aromatic carbocycles. The van der Waals surface area contributed by atoms with E-state index in [0.29, 0.717) is 36.2 Å². The molecule has 1 N–H and O–H groups in total. The van der Waals surface area contributed by atoms with Crippen molar-refractivity contribution in [1.82, 2.24) is 15.5 Å². The number of ether oxygens (including phenoxy) is 1. The molecule has 6 nitrogen and oxygen atoms in total. The summed E-state index contributed by atoms with van der Waals surface area (Å²) in [6.07, 6.45) is 0. The van der Waals surface area contributed by atoms with Crippen molar-refractivity contribution in [2.24, 2.45) is 0 Å². The molecule has 0 unspecified atom stereocenters. The highest BCUT2D eigenvalue weighted by atomic mass is 32.2. The first-order valence-corrected chi connectivity index (χ1v) is 11.2. The molecule has 0 aliphatic rings. The molecule has 0 saturated carbocycles. The van der Waals surface area contributed by atoms with Crippen molar-refractivity contribution in [3.8, 4) is 5.75 Å². The highest BCUT2D eigenvalue weighted by Crippen LogP contribution is 2.26. The van der Waals surface area contributed by atoms with Crippen LogP contribution in [0.4, 0.5) is 0 Å². The van der Waals surface area contributed by atoms with E-state index in [9.17, 15) is 4.79 Å². The van der Waals surface area contributed by atoms with Crippen LogP contribution in [0.2, 0.25) is 0 Å². The van der Waals surface area contributed by atoms with E-state index >= 15 is 0 Å². The van der Waals surface area contributed by atoms with Crippen LogP contribution in [0.1, 0.15) is 33.2 Å². The lowest BCUT2D eigenvalue weighted by molar-refractivity contribution is 0.0948. The number of rotatable bonds is 9. The van der Waals surface area contributed by atoms with Crippen molar-refractivity contribution in [1.29, 1.82) is 0 Å². The second-order valence-corrected chi connectivity index (χ2v) is 8.14. The van der Waals surface area contributed by atoms with E-state index < -0.39 is 0 Å². The number of hydrogen-bond acceptors (Lipinski definition) is 6. The maximum atomic E-state index is 12.8. The zero-order chi connectivity index (χ0) is 22.2. The Morgan fingerprint density at radius 1 is 0.969 bits per heavy atom. The second-order valence-electron chi connectivity index (χ2n) is 7.12. The second kappa shape index (κ2) is 10.6. The molecule has 1 heterocycles. The molecule has 0 saturated heterocycles. The normalized spacial score (nSPS) is 10.7. The Labute approximate surface area is 191 Å². The Morgan fingerprint density at radius 2 is 1.72 bits per heavy atom. The van der Waals surface area contributed by atoms with Crippen LogP contribution < -0.4 is 10.1 Å². The average Bonchev–Trinajstić information content (AvgIpc) is 3.26. The van der Waals surface area contributed by atoms with Gasteiger partial charge in [-0.25, -0.2) is 0 Å². The topological polar surface area (TPSA) is 77.2 Å². The fourth-order valence-electron chi connectivity index (χ4n) is 3.04. The van der Waals surface area contributed by atoms with Crippen LogP contribution in [-0.4, -0.2) is 16.0 Å². The van der Waals surface area contributed by atoms with E-state index in [0.717, 1.165) is 21.8 Å². The summed E-state index contributed by atoms with van der Waals surface area (Å²) < 4.78 is 11.0. The molecule has 0 radical (unpaired) electrons. The van der Waals surface area contributed by atoms with Gasteiger partial charge in [0, 0.05) is 11.4 Å². The Morgan fingerprint density at radius 3 is 2.47 bits per heavy atom. The molecule has 32 heavy (non-hydrogen) atoms. The van der Waals surface area contributed by atoms with Gasteiger partial charge in [0.25, 0.3) is 5.91 Å². The molecule has 7 heteroatoms. The van der Waals surface area contributed by atoms with Gasteiger partial charge in [-0.2, -0.15) is 4.98 Å². The number of carbonyl (C=O) groups excluding carboxylic acids is 1. The Bertz CT molecular complexity index is 1160. The van der Waals surface area contributed by atoms with Crippen molar-refractivity contribution in [2.45, 2.75) is 30.7 Å². The Kier molecular flexibility index (Phi) is 7.19. The Hall–Kier alpha value is -3.58. The van der Waals surface area contributed by atoms with Crippen molar-refractivity contribution in [3.63, 3.8) is 0 Å². The maximum Gasteiger partial charge on any atom is 0.252 e. The largest absolute Gasteiger partial charge is 0.489 e. The number of aromatic nitrogens is 2. The van der Waals surface area contributed by atoms with Gasteiger partial charge in [-0.05, 0) is 42.3 Å². The summed E-state index contributed by atoms with van der Waals surface area (Å²) in [4.78, 5) is 17.9. The zero-order valence-electron chi connectivity index (χ0n) is 17.7. The van der Waals surface area contributed by atoms with Gasteiger partial charge in [0.05, 0.1) is 11.3 Å². The predicted octanol–water partition coefficient (Wildman–Crippen LogP) is 5.18. The highest BCUT2D eigenvalue weighted by molar-refractivity contribution is 7.98. The zero-order valence-corrected chi connectivity index (χ0v) is 18.5. The van der Waals surface area contributed by atoms with Crippen molar-refractivity contribution >= 4 is 17.7 Å². The summed E-state index contributed by atoms with van der Waals surface area (Å²) in [6.45, 7) is 2.73. The van der Waals surface area contributed by atoms with Gasteiger partial charge in [-0.3, -0.25) is 4.79 Å². The summed E-state index contributed by atoms with van der Waals surface area (Å²) >= 11 is 1.50. The van der Waals surface area contributed by atoms with Crippen LogP contribution in [0.15, 0.2) is 88.3 Å². The predicted molar refractivity (Wildman–Crippen MR) is 123 cm³/mol. The number of nitrogens with zero attached hydrogens (tertiary/aromatic N) is 2. The van der Waals surface area contributed by atoms with Crippen LogP contribution >= 0.6 is 11.8 Å². The van der Waals surface area contributed by atoms with Gasteiger partial charge < -0.3 is 14.6 Å². The molecule has 0 atom stereocenters. The first kappa shape index (κ1) is 21.6. The van der Waals surface area contributed by atoms with Crippen LogP contribution in [0.25, 0.3) is 0 Å². The minimum atomic E-state index is -0.126. The number of aryl methyl sites for hydroxylation is 1. The van der Waals surface area contributed by atoms with E-state index in [1.54, 1.807) is 6.92 Å². The quantitative estimate of drug-likeness (QED) is 0.358. The molecule has 1 aromatic heterocycles. The third-order valence-corrected chi connectivity index (χ3v) is 5.74. The molecule has 0 bridgehead atoms. The summed E-state index contributed by atoms with van der Waals surface area (Å²) in [6, 6.07) is 25.3. The number of thioether (sulfide) groups is 1. The minimum absolute atomic E-state index is 0.126. The highest BCUT2D eigenvalue weighted by Gasteiger charge is 2.13. The summed E-state index contributed by atoms with van der Waals surface area (Å²) in [5, 5.41) is 6.79. The lowest BCUT2D eigenvalue weighted by Crippen LogP contribution is -2.23. The number of benzene rings is 3.